The van der Waals surface area contributed by atoms with Crippen molar-refractivity contribution in [2.24, 2.45) is 0 Å². The number of benzene rings is 2. The Hall–Kier alpha value is -1.93. The third-order valence-corrected chi connectivity index (χ3v) is 6.37. The highest BCUT2D eigenvalue weighted by Crippen LogP contribution is 2.23. The van der Waals surface area contributed by atoms with Gasteiger partial charge in [0, 0.05) is 28.9 Å². The Bertz CT molecular complexity index is 900. The minimum atomic E-state index is -3.66. The molecule has 0 saturated carbocycles. The largest absolute Gasteiger partial charge is 0.378 e. The van der Waals surface area contributed by atoms with E-state index in [1.54, 1.807) is 36.4 Å². The number of hydrogen-bond acceptors (Lipinski definition) is 4. The average molecular weight is 395 g/mol. The normalized spacial score (nSPS) is 18.5. The standard InChI is InChI=1S/C18H19ClN2O4S/c1-13-12-25-10-9-21(13)26(23,24)17-4-2-3-16(11-17)20-18(22)14-5-7-15(19)8-6-14/h2-8,11,13H,9-10,12H2,1H3,(H,20,22). The quantitative estimate of drug-likeness (QED) is 0.864. The zero-order valence-corrected chi connectivity index (χ0v) is 15.8. The van der Waals surface area contributed by atoms with Crippen LogP contribution >= 0.6 is 11.6 Å². The number of halogens is 1. The van der Waals surface area contributed by atoms with E-state index < -0.39 is 10.0 Å². The van der Waals surface area contributed by atoms with Crippen molar-refractivity contribution in [1.82, 2.24) is 4.31 Å². The number of ether oxygens (including phenoxy) is 1. The Morgan fingerprint density at radius 2 is 1.96 bits per heavy atom. The Morgan fingerprint density at radius 3 is 2.65 bits per heavy atom. The van der Waals surface area contributed by atoms with Gasteiger partial charge in [-0.1, -0.05) is 17.7 Å². The lowest BCUT2D eigenvalue weighted by molar-refractivity contribution is 0.0393. The van der Waals surface area contributed by atoms with Crippen molar-refractivity contribution in [2.45, 2.75) is 17.9 Å². The molecule has 0 aromatic heterocycles. The van der Waals surface area contributed by atoms with Gasteiger partial charge < -0.3 is 10.1 Å². The summed E-state index contributed by atoms with van der Waals surface area (Å²) in [6.07, 6.45) is 0. The van der Waals surface area contributed by atoms with Gasteiger partial charge in [-0.3, -0.25) is 4.79 Å². The van der Waals surface area contributed by atoms with E-state index in [4.69, 9.17) is 16.3 Å². The van der Waals surface area contributed by atoms with Crippen LogP contribution in [0.3, 0.4) is 0 Å². The van der Waals surface area contributed by atoms with Crippen molar-refractivity contribution in [3.8, 4) is 0 Å². The molecule has 1 heterocycles. The topological polar surface area (TPSA) is 75.7 Å². The summed E-state index contributed by atoms with van der Waals surface area (Å²) in [5, 5.41) is 3.25. The predicted octanol–water partition coefficient (Wildman–Crippen LogP) is 3.00. The monoisotopic (exact) mass is 394 g/mol. The number of morpholine rings is 1. The molecule has 2 aromatic carbocycles. The van der Waals surface area contributed by atoms with Gasteiger partial charge in [0.25, 0.3) is 5.91 Å². The fourth-order valence-electron chi connectivity index (χ4n) is 2.74. The number of anilines is 1. The highest BCUT2D eigenvalue weighted by Gasteiger charge is 2.31. The molecule has 1 aliphatic heterocycles. The molecule has 1 N–H and O–H groups in total. The minimum Gasteiger partial charge on any atom is -0.378 e. The summed E-state index contributed by atoms with van der Waals surface area (Å²) < 4.78 is 32.5. The fraction of sp³-hybridized carbons (Fsp3) is 0.278. The van der Waals surface area contributed by atoms with Crippen molar-refractivity contribution in [1.29, 1.82) is 0 Å². The summed E-state index contributed by atoms with van der Waals surface area (Å²) in [5.74, 6) is -0.337. The van der Waals surface area contributed by atoms with Crippen LogP contribution in [0.25, 0.3) is 0 Å². The van der Waals surface area contributed by atoms with E-state index in [9.17, 15) is 13.2 Å². The van der Waals surface area contributed by atoms with E-state index in [2.05, 4.69) is 5.32 Å². The summed E-state index contributed by atoms with van der Waals surface area (Å²) in [6, 6.07) is 12.5. The van der Waals surface area contributed by atoms with Crippen LogP contribution in [0.5, 0.6) is 0 Å². The summed E-state index contributed by atoms with van der Waals surface area (Å²) in [4.78, 5) is 12.4. The molecule has 1 fully saturated rings. The van der Waals surface area contributed by atoms with Crippen molar-refractivity contribution in [3.63, 3.8) is 0 Å². The van der Waals surface area contributed by atoms with Gasteiger partial charge in [0.2, 0.25) is 10.0 Å². The lowest BCUT2D eigenvalue weighted by Gasteiger charge is -2.32. The summed E-state index contributed by atoms with van der Waals surface area (Å²) in [6.45, 7) is 2.86. The molecule has 138 valence electrons. The van der Waals surface area contributed by atoms with E-state index >= 15 is 0 Å². The van der Waals surface area contributed by atoms with Crippen LogP contribution in [0.4, 0.5) is 5.69 Å². The number of sulfonamides is 1. The SMILES string of the molecule is CC1COCCN1S(=O)(=O)c1cccc(NC(=O)c2ccc(Cl)cc2)c1. The first-order chi connectivity index (χ1) is 12.4. The second kappa shape index (κ2) is 7.75. The van der Waals surface area contributed by atoms with E-state index in [0.29, 0.717) is 36.0 Å². The summed E-state index contributed by atoms with van der Waals surface area (Å²) in [7, 11) is -3.66. The Balaban J connectivity index is 1.81. The zero-order chi connectivity index (χ0) is 18.7. The van der Waals surface area contributed by atoms with Crippen LogP contribution in [0.2, 0.25) is 5.02 Å². The van der Waals surface area contributed by atoms with E-state index in [-0.39, 0.29) is 16.8 Å². The molecule has 1 unspecified atom stereocenters. The minimum absolute atomic E-state index is 0.139. The van der Waals surface area contributed by atoms with Crippen LogP contribution in [0.15, 0.2) is 53.4 Å². The number of amides is 1. The van der Waals surface area contributed by atoms with Gasteiger partial charge in [-0.2, -0.15) is 4.31 Å². The smallest absolute Gasteiger partial charge is 0.255 e. The average Bonchev–Trinajstić information content (AvgIpc) is 2.62. The van der Waals surface area contributed by atoms with Gasteiger partial charge in [0.05, 0.1) is 18.1 Å². The van der Waals surface area contributed by atoms with Crippen LogP contribution in [-0.2, 0) is 14.8 Å². The second-order valence-electron chi connectivity index (χ2n) is 6.03. The van der Waals surface area contributed by atoms with Gasteiger partial charge in [-0.25, -0.2) is 8.42 Å². The van der Waals surface area contributed by atoms with Gasteiger partial charge in [0.1, 0.15) is 0 Å². The van der Waals surface area contributed by atoms with Crippen molar-refractivity contribution >= 4 is 33.2 Å². The van der Waals surface area contributed by atoms with E-state index in [1.807, 2.05) is 6.92 Å². The molecule has 1 aliphatic rings. The third kappa shape index (κ3) is 4.07. The van der Waals surface area contributed by atoms with E-state index in [1.165, 1.54) is 16.4 Å². The Labute approximate surface area is 157 Å². The van der Waals surface area contributed by atoms with Crippen molar-refractivity contribution in [3.05, 3.63) is 59.1 Å². The molecule has 1 saturated heterocycles. The molecule has 6 nitrogen and oxygen atoms in total. The van der Waals surface area contributed by atoms with Gasteiger partial charge in [-0.15, -0.1) is 0 Å². The molecule has 26 heavy (non-hydrogen) atoms. The molecule has 0 bridgehead atoms. The van der Waals surface area contributed by atoms with Gasteiger partial charge in [0.15, 0.2) is 0 Å². The molecule has 1 atom stereocenters. The predicted molar refractivity (Wildman–Crippen MR) is 100 cm³/mol. The van der Waals surface area contributed by atoms with Crippen LogP contribution in [0.1, 0.15) is 17.3 Å². The lowest BCUT2D eigenvalue weighted by Crippen LogP contribution is -2.46. The van der Waals surface area contributed by atoms with Crippen LogP contribution < -0.4 is 5.32 Å². The molecular weight excluding hydrogens is 376 g/mol. The van der Waals surface area contributed by atoms with Gasteiger partial charge >= 0.3 is 0 Å². The molecule has 2 aromatic rings. The van der Waals surface area contributed by atoms with Crippen molar-refractivity contribution < 1.29 is 17.9 Å². The molecule has 8 heteroatoms. The first-order valence-electron chi connectivity index (χ1n) is 8.14. The van der Waals surface area contributed by atoms with Crippen LogP contribution in [-0.4, -0.2) is 44.4 Å². The Morgan fingerprint density at radius 1 is 1.23 bits per heavy atom. The number of rotatable bonds is 4. The molecule has 0 aliphatic carbocycles. The number of carbonyl (C=O) groups is 1. The first kappa shape index (κ1) is 18.8. The number of nitrogens with zero attached hydrogens (tertiary/aromatic N) is 1. The summed E-state index contributed by atoms with van der Waals surface area (Å²) >= 11 is 5.82. The summed E-state index contributed by atoms with van der Waals surface area (Å²) in [5.41, 5.74) is 0.844. The fourth-order valence-corrected chi connectivity index (χ4v) is 4.52. The lowest BCUT2D eigenvalue weighted by atomic mass is 10.2. The third-order valence-electron chi connectivity index (χ3n) is 4.11. The van der Waals surface area contributed by atoms with E-state index in [0.717, 1.165) is 0 Å². The molecule has 0 spiro atoms. The van der Waals surface area contributed by atoms with Crippen molar-refractivity contribution in [2.75, 3.05) is 25.1 Å². The molecule has 1 amide bonds. The maximum absolute atomic E-state index is 12.9. The molecule has 3 rings (SSSR count). The second-order valence-corrected chi connectivity index (χ2v) is 8.36. The zero-order valence-electron chi connectivity index (χ0n) is 14.2. The van der Waals surface area contributed by atoms with Gasteiger partial charge in [-0.05, 0) is 49.4 Å². The number of hydrogen-bond donors (Lipinski definition) is 1. The highest BCUT2D eigenvalue weighted by molar-refractivity contribution is 7.89. The number of nitrogens with one attached hydrogen (secondary N) is 1. The highest BCUT2D eigenvalue weighted by atomic mass is 35.5. The molecule has 0 radical (unpaired) electrons. The maximum Gasteiger partial charge on any atom is 0.255 e. The van der Waals surface area contributed by atoms with Crippen LogP contribution in [0, 0.1) is 0 Å². The first-order valence-corrected chi connectivity index (χ1v) is 9.96. The maximum atomic E-state index is 12.9. The molecular formula is C18H19ClN2O4S. The Kier molecular flexibility index (Phi) is 5.62. The number of carbonyl (C=O) groups excluding carboxylic acids is 1.